The van der Waals surface area contributed by atoms with Crippen LogP contribution in [0.4, 0.5) is 0 Å². The lowest BCUT2D eigenvalue weighted by Gasteiger charge is -2.35. The number of hydrogen-bond acceptors (Lipinski definition) is 4. The first-order valence-corrected chi connectivity index (χ1v) is 6.55. The first-order valence-electron chi connectivity index (χ1n) is 5.92. The molecule has 1 N–H and O–H groups in total. The minimum Gasteiger partial charge on any atom is -0.396 e. The van der Waals surface area contributed by atoms with Gasteiger partial charge in [0.15, 0.2) is 0 Å². The van der Waals surface area contributed by atoms with Crippen LogP contribution in [0.5, 0.6) is 0 Å². The van der Waals surface area contributed by atoms with Crippen molar-refractivity contribution in [3.05, 3.63) is 0 Å². The van der Waals surface area contributed by atoms with E-state index in [1.54, 1.807) is 0 Å². The van der Waals surface area contributed by atoms with Crippen molar-refractivity contribution in [3.8, 4) is 0 Å². The molecule has 1 atom stereocenters. The van der Waals surface area contributed by atoms with Gasteiger partial charge in [-0.2, -0.15) is 12.6 Å². The fourth-order valence-corrected chi connectivity index (χ4v) is 2.31. The molecule has 1 fully saturated rings. The SMILES string of the molecule is OCCC1CCCCN1CCOCCS. The van der Waals surface area contributed by atoms with E-state index in [2.05, 4.69) is 17.5 Å². The van der Waals surface area contributed by atoms with Gasteiger partial charge in [0.2, 0.25) is 0 Å². The number of aliphatic hydroxyl groups excluding tert-OH is 1. The lowest BCUT2D eigenvalue weighted by atomic mass is 10.00. The van der Waals surface area contributed by atoms with Gasteiger partial charge in [0.1, 0.15) is 0 Å². The summed E-state index contributed by atoms with van der Waals surface area (Å²) in [7, 11) is 0. The van der Waals surface area contributed by atoms with Crippen molar-refractivity contribution in [2.24, 2.45) is 0 Å². The molecule has 90 valence electrons. The van der Waals surface area contributed by atoms with E-state index in [0.717, 1.165) is 38.5 Å². The molecular weight excluding hydrogens is 210 g/mol. The fourth-order valence-electron chi connectivity index (χ4n) is 2.18. The van der Waals surface area contributed by atoms with Crippen molar-refractivity contribution in [1.29, 1.82) is 0 Å². The van der Waals surface area contributed by atoms with E-state index in [4.69, 9.17) is 9.84 Å². The lowest BCUT2D eigenvalue weighted by molar-refractivity contribution is 0.0682. The highest BCUT2D eigenvalue weighted by molar-refractivity contribution is 7.80. The van der Waals surface area contributed by atoms with Gasteiger partial charge in [0.25, 0.3) is 0 Å². The number of rotatable bonds is 7. The molecule has 1 saturated heterocycles. The smallest absolute Gasteiger partial charge is 0.0593 e. The number of ether oxygens (including phenoxy) is 1. The van der Waals surface area contributed by atoms with Gasteiger partial charge in [-0.3, -0.25) is 4.90 Å². The number of likely N-dealkylation sites (tertiary alicyclic amines) is 1. The van der Waals surface area contributed by atoms with Crippen LogP contribution in [0.3, 0.4) is 0 Å². The van der Waals surface area contributed by atoms with Crippen molar-refractivity contribution in [2.45, 2.75) is 31.7 Å². The van der Waals surface area contributed by atoms with E-state index < -0.39 is 0 Å². The van der Waals surface area contributed by atoms with Crippen LogP contribution in [0.25, 0.3) is 0 Å². The molecule has 0 aromatic carbocycles. The maximum absolute atomic E-state index is 8.98. The van der Waals surface area contributed by atoms with Gasteiger partial charge < -0.3 is 9.84 Å². The number of hydrogen-bond donors (Lipinski definition) is 2. The van der Waals surface area contributed by atoms with Crippen LogP contribution >= 0.6 is 12.6 Å². The van der Waals surface area contributed by atoms with Crippen molar-refractivity contribution < 1.29 is 9.84 Å². The van der Waals surface area contributed by atoms with Gasteiger partial charge in [0, 0.05) is 24.9 Å². The minimum atomic E-state index is 0.304. The summed E-state index contributed by atoms with van der Waals surface area (Å²) in [6, 6.07) is 0.573. The Hall–Kier alpha value is 0.230. The minimum absolute atomic E-state index is 0.304. The first kappa shape index (κ1) is 13.3. The molecule has 15 heavy (non-hydrogen) atoms. The number of aliphatic hydroxyl groups is 1. The highest BCUT2D eigenvalue weighted by Gasteiger charge is 2.20. The second kappa shape index (κ2) is 8.39. The molecule has 0 radical (unpaired) electrons. The molecule has 0 saturated carbocycles. The molecule has 3 nitrogen and oxygen atoms in total. The zero-order valence-electron chi connectivity index (χ0n) is 9.40. The largest absolute Gasteiger partial charge is 0.396 e. The van der Waals surface area contributed by atoms with Crippen LogP contribution < -0.4 is 0 Å². The Morgan fingerprint density at radius 1 is 1.33 bits per heavy atom. The van der Waals surface area contributed by atoms with Crippen LogP contribution in [-0.2, 0) is 4.74 Å². The third kappa shape index (κ3) is 5.20. The third-order valence-corrected chi connectivity index (χ3v) is 3.15. The average Bonchev–Trinajstić information content (AvgIpc) is 2.27. The van der Waals surface area contributed by atoms with Gasteiger partial charge in [-0.25, -0.2) is 0 Å². The van der Waals surface area contributed by atoms with Crippen LogP contribution in [0.2, 0.25) is 0 Å². The Kier molecular flexibility index (Phi) is 7.44. The molecule has 0 aromatic rings. The van der Waals surface area contributed by atoms with Crippen LogP contribution in [0.15, 0.2) is 0 Å². The summed E-state index contributed by atoms with van der Waals surface area (Å²) in [4.78, 5) is 2.46. The summed E-state index contributed by atoms with van der Waals surface area (Å²) in [5.74, 6) is 0.792. The molecule has 0 amide bonds. The van der Waals surface area contributed by atoms with E-state index in [1.165, 1.54) is 19.3 Å². The second-order valence-corrected chi connectivity index (χ2v) is 4.48. The van der Waals surface area contributed by atoms with Gasteiger partial charge in [-0.05, 0) is 25.8 Å². The Labute approximate surface area is 98.2 Å². The van der Waals surface area contributed by atoms with Crippen LogP contribution in [0, 0.1) is 0 Å². The van der Waals surface area contributed by atoms with Crippen molar-refractivity contribution in [3.63, 3.8) is 0 Å². The molecule has 0 aliphatic carbocycles. The number of piperidine rings is 1. The summed E-state index contributed by atoms with van der Waals surface area (Å²) >= 11 is 4.10. The summed E-state index contributed by atoms with van der Waals surface area (Å²) in [6.07, 6.45) is 4.73. The molecule has 1 rings (SSSR count). The zero-order valence-corrected chi connectivity index (χ0v) is 10.3. The normalized spacial score (nSPS) is 23.2. The number of nitrogens with zero attached hydrogens (tertiary/aromatic N) is 1. The molecule has 1 unspecified atom stereocenters. The van der Waals surface area contributed by atoms with Crippen LogP contribution in [0.1, 0.15) is 25.7 Å². The third-order valence-electron chi connectivity index (χ3n) is 2.97. The summed E-state index contributed by atoms with van der Waals surface area (Å²) in [6.45, 7) is 4.00. The van der Waals surface area contributed by atoms with E-state index in [0.29, 0.717) is 12.6 Å². The van der Waals surface area contributed by atoms with E-state index in [1.807, 2.05) is 0 Å². The lowest BCUT2D eigenvalue weighted by Crippen LogP contribution is -2.41. The van der Waals surface area contributed by atoms with Gasteiger partial charge in [-0.1, -0.05) is 6.42 Å². The van der Waals surface area contributed by atoms with Crippen molar-refractivity contribution >= 4 is 12.6 Å². The topological polar surface area (TPSA) is 32.7 Å². The molecule has 0 aromatic heterocycles. The molecule has 1 aliphatic rings. The predicted octanol–water partition coefficient (Wildman–Crippen LogP) is 1.17. The molecule has 4 heteroatoms. The fraction of sp³-hybridized carbons (Fsp3) is 1.00. The maximum atomic E-state index is 8.98. The maximum Gasteiger partial charge on any atom is 0.0593 e. The Balaban J connectivity index is 2.17. The van der Waals surface area contributed by atoms with Gasteiger partial charge >= 0.3 is 0 Å². The summed E-state index contributed by atoms with van der Waals surface area (Å²) in [5.41, 5.74) is 0. The van der Waals surface area contributed by atoms with E-state index in [-0.39, 0.29) is 0 Å². The van der Waals surface area contributed by atoms with E-state index >= 15 is 0 Å². The standard InChI is InChI=1S/C11H23NO2S/c13-7-4-11-3-1-2-5-12(11)6-8-14-9-10-15/h11,13,15H,1-10H2. The van der Waals surface area contributed by atoms with Crippen molar-refractivity contribution in [1.82, 2.24) is 4.90 Å². The Morgan fingerprint density at radius 2 is 2.20 bits per heavy atom. The monoisotopic (exact) mass is 233 g/mol. The Morgan fingerprint density at radius 3 is 2.93 bits per heavy atom. The quantitative estimate of drug-likeness (QED) is 0.511. The van der Waals surface area contributed by atoms with Crippen molar-refractivity contribution in [2.75, 3.05) is 38.7 Å². The Bertz CT molecular complexity index is 156. The first-order chi connectivity index (χ1) is 7.38. The van der Waals surface area contributed by atoms with Gasteiger partial charge in [-0.15, -0.1) is 0 Å². The molecule has 0 bridgehead atoms. The molecular formula is C11H23NO2S. The predicted molar refractivity (Wildman–Crippen MR) is 65.6 cm³/mol. The van der Waals surface area contributed by atoms with Gasteiger partial charge in [0.05, 0.1) is 13.2 Å². The highest BCUT2D eigenvalue weighted by atomic mass is 32.1. The number of thiol groups is 1. The second-order valence-electron chi connectivity index (χ2n) is 4.03. The molecule has 1 heterocycles. The molecule has 0 spiro atoms. The molecule has 1 aliphatic heterocycles. The van der Waals surface area contributed by atoms with Crippen LogP contribution in [-0.4, -0.2) is 54.7 Å². The van der Waals surface area contributed by atoms with E-state index in [9.17, 15) is 0 Å². The summed E-state index contributed by atoms with van der Waals surface area (Å²) in [5, 5.41) is 8.98. The summed E-state index contributed by atoms with van der Waals surface area (Å²) < 4.78 is 5.43. The average molecular weight is 233 g/mol. The zero-order chi connectivity index (χ0) is 10.9. The highest BCUT2D eigenvalue weighted by Crippen LogP contribution is 2.18.